The lowest BCUT2D eigenvalue weighted by molar-refractivity contribution is -0.138. The van der Waals surface area contributed by atoms with Gasteiger partial charge in [-0.2, -0.15) is 0 Å². The molecular formula is C14H27NO4. The summed E-state index contributed by atoms with van der Waals surface area (Å²) < 4.78 is 4.98. The van der Waals surface area contributed by atoms with Gasteiger partial charge in [-0.1, -0.05) is 27.7 Å². The van der Waals surface area contributed by atoms with Gasteiger partial charge in [-0.25, -0.2) is 0 Å². The van der Waals surface area contributed by atoms with E-state index in [2.05, 4.69) is 5.32 Å². The van der Waals surface area contributed by atoms with Gasteiger partial charge in [-0.3, -0.25) is 9.59 Å². The third-order valence-electron chi connectivity index (χ3n) is 2.63. The van der Waals surface area contributed by atoms with Gasteiger partial charge in [0.05, 0.1) is 6.42 Å². The molecule has 2 unspecified atom stereocenters. The van der Waals surface area contributed by atoms with E-state index < -0.39 is 5.97 Å². The maximum absolute atomic E-state index is 11.8. The number of carboxylic acid groups (broad SMARTS) is 1. The molecule has 2 atom stereocenters. The van der Waals surface area contributed by atoms with Crippen LogP contribution in [0.3, 0.4) is 0 Å². The number of aliphatic carboxylic acids is 1. The highest BCUT2D eigenvalue weighted by molar-refractivity contribution is 5.77. The number of amides is 1. The maximum atomic E-state index is 11.8. The first kappa shape index (κ1) is 17.9. The van der Waals surface area contributed by atoms with Crippen molar-refractivity contribution < 1.29 is 19.4 Å². The summed E-state index contributed by atoms with van der Waals surface area (Å²) in [7, 11) is 1.60. The van der Waals surface area contributed by atoms with Crippen LogP contribution in [-0.4, -0.2) is 36.7 Å². The first-order valence-electron chi connectivity index (χ1n) is 6.64. The van der Waals surface area contributed by atoms with Crippen molar-refractivity contribution in [3.05, 3.63) is 0 Å². The smallest absolute Gasteiger partial charge is 0.305 e. The van der Waals surface area contributed by atoms with Crippen LogP contribution in [0.4, 0.5) is 0 Å². The fourth-order valence-corrected chi connectivity index (χ4v) is 2.07. The molecule has 0 aromatic heterocycles. The SMILES string of the molecule is COCC(C)CC(=O)NC(CC(=O)O)CC(C)(C)C. The highest BCUT2D eigenvalue weighted by atomic mass is 16.5. The van der Waals surface area contributed by atoms with Gasteiger partial charge in [0.2, 0.25) is 5.91 Å². The molecule has 0 aliphatic rings. The molecule has 2 N–H and O–H groups in total. The Kier molecular flexibility index (Phi) is 7.68. The van der Waals surface area contributed by atoms with E-state index in [1.54, 1.807) is 7.11 Å². The van der Waals surface area contributed by atoms with Gasteiger partial charge >= 0.3 is 5.97 Å². The standard InChI is InChI=1S/C14H27NO4/c1-10(9-19-5)6-12(16)15-11(7-13(17)18)8-14(2,3)4/h10-11H,6-9H2,1-5H3,(H,15,16)(H,17,18). The van der Waals surface area contributed by atoms with E-state index in [1.807, 2.05) is 27.7 Å². The third kappa shape index (κ3) is 10.5. The van der Waals surface area contributed by atoms with Crippen LogP contribution in [-0.2, 0) is 14.3 Å². The fourth-order valence-electron chi connectivity index (χ4n) is 2.07. The Morgan fingerprint density at radius 2 is 1.84 bits per heavy atom. The van der Waals surface area contributed by atoms with Crippen molar-refractivity contribution in [3.8, 4) is 0 Å². The molecule has 0 saturated heterocycles. The Morgan fingerprint density at radius 1 is 1.26 bits per heavy atom. The Bertz CT molecular complexity index is 296. The molecule has 0 aromatic carbocycles. The third-order valence-corrected chi connectivity index (χ3v) is 2.63. The zero-order valence-corrected chi connectivity index (χ0v) is 12.7. The van der Waals surface area contributed by atoms with Crippen LogP contribution in [0.15, 0.2) is 0 Å². The van der Waals surface area contributed by atoms with Crippen molar-refractivity contribution in [2.75, 3.05) is 13.7 Å². The number of ether oxygens (including phenoxy) is 1. The van der Waals surface area contributed by atoms with Crippen molar-refractivity contribution in [2.45, 2.75) is 53.0 Å². The molecule has 0 radical (unpaired) electrons. The highest BCUT2D eigenvalue weighted by Gasteiger charge is 2.23. The average molecular weight is 273 g/mol. The lowest BCUT2D eigenvalue weighted by Gasteiger charge is -2.26. The van der Waals surface area contributed by atoms with Crippen LogP contribution in [0.5, 0.6) is 0 Å². The number of rotatable bonds is 8. The van der Waals surface area contributed by atoms with Crippen molar-refractivity contribution in [3.63, 3.8) is 0 Å². The van der Waals surface area contributed by atoms with E-state index >= 15 is 0 Å². The molecule has 112 valence electrons. The minimum absolute atomic E-state index is 0.0223. The summed E-state index contributed by atoms with van der Waals surface area (Å²) in [5.74, 6) is -0.871. The summed E-state index contributed by atoms with van der Waals surface area (Å²) >= 11 is 0. The summed E-state index contributed by atoms with van der Waals surface area (Å²) in [4.78, 5) is 22.7. The molecule has 5 heteroatoms. The van der Waals surface area contributed by atoms with Crippen molar-refractivity contribution in [2.24, 2.45) is 11.3 Å². The van der Waals surface area contributed by atoms with E-state index in [0.717, 1.165) is 0 Å². The molecule has 0 aliphatic heterocycles. The normalized spacial score (nSPS) is 14.8. The van der Waals surface area contributed by atoms with Crippen LogP contribution >= 0.6 is 0 Å². The Labute approximate surface area is 115 Å². The van der Waals surface area contributed by atoms with Crippen LogP contribution in [0.2, 0.25) is 0 Å². The van der Waals surface area contributed by atoms with Crippen LogP contribution in [0.1, 0.15) is 47.0 Å². The van der Waals surface area contributed by atoms with E-state index in [4.69, 9.17) is 9.84 Å². The average Bonchev–Trinajstić information content (AvgIpc) is 2.12. The molecule has 0 bridgehead atoms. The molecule has 0 saturated carbocycles. The fraction of sp³-hybridized carbons (Fsp3) is 0.857. The Balaban J connectivity index is 4.38. The van der Waals surface area contributed by atoms with E-state index in [1.165, 1.54) is 0 Å². The van der Waals surface area contributed by atoms with E-state index in [-0.39, 0.29) is 29.7 Å². The second-order valence-corrected chi connectivity index (χ2v) is 6.39. The van der Waals surface area contributed by atoms with Crippen molar-refractivity contribution in [1.82, 2.24) is 5.32 Å². The number of nitrogens with one attached hydrogen (secondary N) is 1. The van der Waals surface area contributed by atoms with Gasteiger partial charge in [0.1, 0.15) is 0 Å². The summed E-state index contributed by atoms with van der Waals surface area (Å²) in [5.41, 5.74) is -0.0223. The molecule has 0 aliphatic carbocycles. The van der Waals surface area contributed by atoms with Gasteiger partial charge in [-0.05, 0) is 17.8 Å². The maximum Gasteiger partial charge on any atom is 0.305 e. The Hall–Kier alpha value is -1.10. The van der Waals surface area contributed by atoms with Crippen LogP contribution < -0.4 is 5.32 Å². The highest BCUT2D eigenvalue weighted by Crippen LogP contribution is 2.22. The topological polar surface area (TPSA) is 75.6 Å². The van der Waals surface area contributed by atoms with E-state index in [9.17, 15) is 9.59 Å². The summed E-state index contributed by atoms with van der Waals surface area (Å²) in [5, 5.41) is 11.7. The monoisotopic (exact) mass is 273 g/mol. The first-order chi connectivity index (χ1) is 8.64. The summed E-state index contributed by atoms with van der Waals surface area (Å²) in [6.07, 6.45) is 0.958. The molecule has 0 spiro atoms. The minimum atomic E-state index is -0.889. The quantitative estimate of drug-likeness (QED) is 0.709. The molecule has 19 heavy (non-hydrogen) atoms. The van der Waals surface area contributed by atoms with Crippen molar-refractivity contribution in [1.29, 1.82) is 0 Å². The number of hydrogen-bond acceptors (Lipinski definition) is 3. The number of hydrogen-bond donors (Lipinski definition) is 2. The zero-order chi connectivity index (χ0) is 15.1. The summed E-state index contributed by atoms with van der Waals surface area (Å²) in [6, 6.07) is -0.320. The molecule has 1 amide bonds. The number of carbonyl (C=O) groups excluding carboxylic acids is 1. The van der Waals surface area contributed by atoms with Gasteiger partial charge in [0.15, 0.2) is 0 Å². The minimum Gasteiger partial charge on any atom is -0.481 e. The van der Waals surface area contributed by atoms with Crippen LogP contribution in [0, 0.1) is 11.3 Å². The van der Waals surface area contributed by atoms with Gasteiger partial charge in [0, 0.05) is 26.2 Å². The molecular weight excluding hydrogens is 246 g/mol. The molecule has 0 heterocycles. The molecule has 5 nitrogen and oxygen atoms in total. The molecule has 0 aromatic rings. The number of carbonyl (C=O) groups is 2. The first-order valence-corrected chi connectivity index (χ1v) is 6.64. The lowest BCUT2D eigenvalue weighted by Crippen LogP contribution is -2.39. The predicted molar refractivity (Wildman–Crippen MR) is 73.9 cm³/mol. The number of methoxy groups -OCH3 is 1. The van der Waals surface area contributed by atoms with Crippen molar-refractivity contribution >= 4 is 11.9 Å². The van der Waals surface area contributed by atoms with Gasteiger partial charge < -0.3 is 15.2 Å². The van der Waals surface area contributed by atoms with Crippen LogP contribution in [0.25, 0.3) is 0 Å². The number of carboxylic acids is 1. The van der Waals surface area contributed by atoms with E-state index in [0.29, 0.717) is 19.4 Å². The largest absolute Gasteiger partial charge is 0.481 e. The second-order valence-electron chi connectivity index (χ2n) is 6.39. The van der Waals surface area contributed by atoms with Gasteiger partial charge in [-0.15, -0.1) is 0 Å². The second kappa shape index (κ2) is 8.15. The zero-order valence-electron chi connectivity index (χ0n) is 12.7. The van der Waals surface area contributed by atoms with Gasteiger partial charge in [0.25, 0.3) is 0 Å². The summed E-state index contributed by atoms with van der Waals surface area (Å²) in [6.45, 7) is 8.54. The molecule has 0 fully saturated rings. The predicted octanol–water partition coefficient (Wildman–Crippen LogP) is 2.05. The Morgan fingerprint density at radius 3 is 2.26 bits per heavy atom. The molecule has 0 rings (SSSR count). The lowest BCUT2D eigenvalue weighted by atomic mass is 9.87.